The number of nitrogens with zero attached hydrogens (tertiary/aromatic N) is 1. The Kier molecular flexibility index (Phi) is 5.37. The van der Waals surface area contributed by atoms with Gasteiger partial charge in [-0.25, -0.2) is 4.79 Å². The second-order valence-corrected chi connectivity index (χ2v) is 10.5. The van der Waals surface area contributed by atoms with Gasteiger partial charge in [0.15, 0.2) is 0 Å². The van der Waals surface area contributed by atoms with Gasteiger partial charge in [0.05, 0.1) is 12.2 Å². The summed E-state index contributed by atoms with van der Waals surface area (Å²) in [5.41, 5.74) is -1.52. The molecule has 0 aromatic carbocycles. The van der Waals surface area contributed by atoms with Gasteiger partial charge in [-0.3, -0.25) is 9.78 Å². The topological polar surface area (TPSA) is 119 Å². The number of hydrogen-bond donors (Lipinski definition) is 2. The van der Waals surface area contributed by atoms with E-state index in [9.17, 15) is 19.8 Å². The third-order valence-corrected chi connectivity index (χ3v) is 8.66. The summed E-state index contributed by atoms with van der Waals surface area (Å²) in [4.78, 5) is 28.8. The van der Waals surface area contributed by atoms with Crippen LogP contribution in [0.5, 0.6) is 5.75 Å². The third-order valence-electron chi connectivity index (χ3n) is 8.66. The van der Waals surface area contributed by atoms with Crippen LogP contribution in [0.2, 0.25) is 0 Å². The summed E-state index contributed by atoms with van der Waals surface area (Å²) in [5, 5.41) is 23.0. The maximum Gasteiger partial charge on any atom is 0.345 e. The summed E-state index contributed by atoms with van der Waals surface area (Å²) in [7, 11) is 0. The molecule has 2 N–H and O–H groups in total. The number of rotatable bonds is 2. The molecule has 3 unspecified atom stereocenters. The zero-order chi connectivity index (χ0) is 24.4. The third kappa shape index (κ3) is 3.30. The average Bonchev–Trinajstić information content (AvgIpc) is 2.77. The molecule has 8 heteroatoms. The zero-order valence-corrected chi connectivity index (χ0v) is 19.9. The lowest BCUT2D eigenvalue weighted by Crippen LogP contribution is -2.68. The Morgan fingerprint density at radius 2 is 2.06 bits per heavy atom. The maximum absolute atomic E-state index is 13.1. The van der Waals surface area contributed by atoms with Crippen LogP contribution in [0.25, 0.3) is 11.3 Å². The molecule has 1 aliphatic heterocycles. The Labute approximate surface area is 197 Å². The molecule has 2 aromatic rings. The molecule has 5 rings (SSSR count). The lowest BCUT2D eigenvalue weighted by Gasteiger charge is -2.63. The van der Waals surface area contributed by atoms with Crippen molar-refractivity contribution in [2.24, 2.45) is 23.2 Å². The van der Waals surface area contributed by atoms with Gasteiger partial charge >= 0.3 is 11.6 Å². The van der Waals surface area contributed by atoms with E-state index in [2.05, 4.69) is 11.9 Å². The molecule has 0 bridgehead atoms. The van der Waals surface area contributed by atoms with Crippen LogP contribution in [0.3, 0.4) is 0 Å². The van der Waals surface area contributed by atoms with Crippen LogP contribution in [0.4, 0.5) is 0 Å². The van der Waals surface area contributed by atoms with Gasteiger partial charge in [0, 0.05) is 36.9 Å². The highest BCUT2D eigenvalue weighted by atomic mass is 16.5. The Bertz CT molecular complexity index is 1160. The average molecular weight is 470 g/mol. The second kappa shape index (κ2) is 7.92. The van der Waals surface area contributed by atoms with E-state index in [1.54, 1.807) is 30.6 Å². The standard InChI is InChI=1S/C26H31NO7/c1-13-16-10-20(29)26(4)23(25(16,3)8-7-17(13)32-14(2)28)22(30)21-19(34-26)11-18(33-24(21)31)15-6-5-9-27-12-15/h5-6,9,11-13,16-17,20,22-23,29-30H,7-8,10H2,1-4H3/t13-,16?,17+,20+,22?,23?,25+,26-/m1/s1. The van der Waals surface area contributed by atoms with Crippen molar-refractivity contribution in [2.75, 3.05) is 0 Å². The quantitative estimate of drug-likeness (QED) is 0.644. The van der Waals surface area contributed by atoms with Crippen LogP contribution in [0.1, 0.15) is 58.6 Å². The first kappa shape index (κ1) is 23.1. The largest absolute Gasteiger partial charge is 0.484 e. The van der Waals surface area contributed by atoms with Crippen LogP contribution in [-0.2, 0) is 9.53 Å². The molecule has 34 heavy (non-hydrogen) atoms. The highest BCUT2D eigenvalue weighted by molar-refractivity contribution is 5.66. The first-order chi connectivity index (χ1) is 16.1. The lowest BCUT2D eigenvalue weighted by atomic mass is 9.46. The molecule has 182 valence electrons. The Morgan fingerprint density at radius 3 is 2.74 bits per heavy atom. The fraction of sp³-hybridized carbons (Fsp3) is 0.577. The molecule has 0 saturated heterocycles. The summed E-state index contributed by atoms with van der Waals surface area (Å²) >= 11 is 0. The van der Waals surface area contributed by atoms with E-state index in [-0.39, 0.29) is 41.0 Å². The van der Waals surface area contributed by atoms with Crippen LogP contribution in [0.15, 0.2) is 39.8 Å². The number of aliphatic hydroxyl groups excluding tert-OH is 2. The van der Waals surface area contributed by atoms with Crippen molar-refractivity contribution in [2.45, 2.75) is 70.9 Å². The summed E-state index contributed by atoms with van der Waals surface area (Å²) < 4.78 is 17.5. The van der Waals surface area contributed by atoms with Gasteiger partial charge in [-0.05, 0) is 55.6 Å². The molecule has 8 nitrogen and oxygen atoms in total. The predicted octanol–water partition coefficient (Wildman–Crippen LogP) is 3.25. The normalized spacial score (nSPS) is 38.6. The molecule has 3 heterocycles. The lowest BCUT2D eigenvalue weighted by molar-refractivity contribution is -0.244. The van der Waals surface area contributed by atoms with Gasteiger partial charge in [-0.1, -0.05) is 13.8 Å². The molecule has 2 saturated carbocycles. The van der Waals surface area contributed by atoms with Crippen molar-refractivity contribution < 1.29 is 28.9 Å². The van der Waals surface area contributed by atoms with E-state index in [0.29, 0.717) is 24.8 Å². The number of aromatic nitrogens is 1. The first-order valence-corrected chi connectivity index (χ1v) is 11.9. The molecular weight excluding hydrogens is 438 g/mol. The van der Waals surface area contributed by atoms with Crippen LogP contribution < -0.4 is 10.4 Å². The van der Waals surface area contributed by atoms with E-state index in [4.69, 9.17) is 13.9 Å². The van der Waals surface area contributed by atoms with Crippen molar-refractivity contribution in [3.05, 3.63) is 46.6 Å². The number of hydrogen-bond acceptors (Lipinski definition) is 8. The Morgan fingerprint density at radius 1 is 1.29 bits per heavy atom. The van der Waals surface area contributed by atoms with Crippen molar-refractivity contribution in [1.82, 2.24) is 4.98 Å². The molecular formula is C26H31NO7. The highest BCUT2D eigenvalue weighted by Gasteiger charge is 2.66. The fourth-order valence-corrected chi connectivity index (χ4v) is 7.04. The van der Waals surface area contributed by atoms with E-state index in [1.165, 1.54) is 6.92 Å². The van der Waals surface area contributed by atoms with Gasteiger partial charge in [-0.2, -0.15) is 0 Å². The minimum absolute atomic E-state index is 0.0141. The maximum atomic E-state index is 13.1. The molecule has 3 aliphatic rings. The zero-order valence-electron chi connectivity index (χ0n) is 19.9. The van der Waals surface area contributed by atoms with Gasteiger partial charge < -0.3 is 24.1 Å². The van der Waals surface area contributed by atoms with Crippen molar-refractivity contribution in [1.29, 1.82) is 0 Å². The summed E-state index contributed by atoms with van der Waals surface area (Å²) in [5.74, 6) is -0.396. The van der Waals surface area contributed by atoms with Gasteiger partial charge in [0.1, 0.15) is 28.8 Å². The fourth-order valence-electron chi connectivity index (χ4n) is 7.04. The van der Waals surface area contributed by atoms with Crippen molar-refractivity contribution in [3.8, 4) is 17.1 Å². The van der Waals surface area contributed by atoms with Crippen molar-refractivity contribution >= 4 is 5.97 Å². The minimum Gasteiger partial charge on any atom is -0.484 e. The van der Waals surface area contributed by atoms with Crippen LogP contribution in [0, 0.1) is 23.2 Å². The molecule has 2 aliphatic carbocycles. The van der Waals surface area contributed by atoms with E-state index >= 15 is 0 Å². The summed E-state index contributed by atoms with van der Waals surface area (Å²) in [6.45, 7) is 7.35. The van der Waals surface area contributed by atoms with Crippen LogP contribution >= 0.6 is 0 Å². The predicted molar refractivity (Wildman–Crippen MR) is 122 cm³/mol. The number of pyridine rings is 1. The van der Waals surface area contributed by atoms with E-state index in [1.807, 2.05) is 13.8 Å². The number of fused-ring (bicyclic) bond motifs is 4. The van der Waals surface area contributed by atoms with E-state index in [0.717, 1.165) is 0 Å². The van der Waals surface area contributed by atoms with E-state index < -0.39 is 34.8 Å². The minimum atomic E-state index is -1.17. The highest BCUT2D eigenvalue weighted by Crippen LogP contribution is 2.64. The van der Waals surface area contributed by atoms with Gasteiger partial charge in [0.2, 0.25) is 0 Å². The second-order valence-electron chi connectivity index (χ2n) is 10.5. The smallest absolute Gasteiger partial charge is 0.345 e. The number of aliphatic hydroxyl groups is 2. The van der Waals surface area contributed by atoms with Crippen LogP contribution in [-0.4, -0.2) is 39.0 Å². The Hall–Kier alpha value is -2.71. The first-order valence-electron chi connectivity index (χ1n) is 11.9. The molecule has 0 spiro atoms. The van der Waals surface area contributed by atoms with Gasteiger partial charge in [-0.15, -0.1) is 0 Å². The monoisotopic (exact) mass is 469 g/mol. The number of carbonyl (C=O) groups excluding carboxylic acids is 1. The number of carbonyl (C=O) groups is 1. The molecule has 8 atom stereocenters. The molecule has 2 aromatic heterocycles. The van der Waals surface area contributed by atoms with Gasteiger partial charge in [0.25, 0.3) is 0 Å². The number of esters is 1. The summed E-state index contributed by atoms with van der Waals surface area (Å²) in [6, 6.07) is 5.10. The summed E-state index contributed by atoms with van der Waals surface area (Å²) in [6.07, 6.45) is 2.66. The molecule has 0 amide bonds. The number of ether oxygens (including phenoxy) is 2. The van der Waals surface area contributed by atoms with Crippen molar-refractivity contribution in [3.63, 3.8) is 0 Å². The Balaban J connectivity index is 1.58. The molecule has 2 fully saturated rings. The molecule has 0 radical (unpaired) electrons. The SMILES string of the molecule is CC(=O)O[C@H]1CC[C@@]2(C)C(C[C@H](O)[C@@]3(C)Oc4cc(-c5cccnc5)oc(=O)c4C(O)C23)[C@H]1C.